The third kappa shape index (κ3) is 6.36. The number of rotatable bonds is 6. The molecule has 1 aliphatic carbocycles. The maximum Gasteiger partial charge on any atom is 0.242 e. The Morgan fingerprint density at radius 3 is 2.29 bits per heavy atom. The molecule has 122 valence electrons. The first-order valence-corrected chi connectivity index (χ1v) is 8.13. The van der Waals surface area contributed by atoms with E-state index in [0.717, 1.165) is 19.0 Å². The fourth-order valence-corrected chi connectivity index (χ4v) is 2.55. The first-order chi connectivity index (χ1) is 9.80. The summed E-state index contributed by atoms with van der Waals surface area (Å²) in [5.74, 6) is 0.690. The Labute approximate surface area is 129 Å². The number of carbonyl (C=O) groups is 1. The Morgan fingerprint density at radius 2 is 1.86 bits per heavy atom. The number of nitrogens with one attached hydrogen (secondary N) is 3. The summed E-state index contributed by atoms with van der Waals surface area (Å²) >= 11 is 0. The molecule has 0 atom stereocenters. The highest BCUT2D eigenvalue weighted by Crippen LogP contribution is 2.42. The quantitative estimate of drug-likeness (QED) is 0.519. The molecule has 0 unspecified atom stereocenters. The molecule has 1 amide bonds. The van der Waals surface area contributed by atoms with E-state index in [1.54, 1.807) is 0 Å². The molecule has 1 fully saturated rings. The van der Waals surface area contributed by atoms with Crippen molar-refractivity contribution in [1.29, 1.82) is 0 Å². The van der Waals surface area contributed by atoms with E-state index in [1.165, 1.54) is 25.7 Å². The van der Waals surface area contributed by atoms with Crippen LogP contribution >= 0.6 is 0 Å². The summed E-state index contributed by atoms with van der Waals surface area (Å²) in [5.41, 5.74) is 0.223. The number of amides is 1. The van der Waals surface area contributed by atoms with E-state index < -0.39 is 0 Å². The predicted octanol–water partition coefficient (Wildman–Crippen LogP) is 2.04. The zero-order chi connectivity index (χ0) is 15.9. The number of nitrogens with zero attached hydrogens (tertiary/aromatic N) is 1. The molecule has 0 radical (unpaired) electrons. The Kier molecular flexibility index (Phi) is 6.49. The van der Waals surface area contributed by atoms with Crippen LogP contribution in [-0.4, -0.2) is 37.0 Å². The maximum atomic E-state index is 11.8. The van der Waals surface area contributed by atoms with Gasteiger partial charge < -0.3 is 16.0 Å². The molecule has 1 rings (SSSR count). The van der Waals surface area contributed by atoms with Crippen molar-refractivity contribution >= 4 is 11.9 Å². The molecule has 0 aliphatic heterocycles. The normalized spacial score (nSPS) is 17.9. The standard InChI is InChI=1S/C16H32N4O/c1-6-16(9-8-10-16)12-19-14(17-7-2)18-11-13(21)20-15(3,4)5/h6-12H2,1-5H3,(H,20,21)(H2,17,18,19). The molecular weight excluding hydrogens is 264 g/mol. The van der Waals surface area contributed by atoms with Crippen LogP contribution < -0.4 is 16.0 Å². The molecule has 3 N–H and O–H groups in total. The van der Waals surface area contributed by atoms with E-state index in [2.05, 4.69) is 27.9 Å². The average Bonchev–Trinajstić information content (AvgIpc) is 2.32. The Morgan fingerprint density at radius 1 is 1.19 bits per heavy atom. The van der Waals surface area contributed by atoms with Gasteiger partial charge in [0.05, 0.1) is 0 Å². The highest BCUT2D eigenvalue weighted by Gasteiger charge is 2.34. The molecule has 0 aromatic heterocycles. The van der Waals surface area contributed by atoms with Crippen LogP contribution in [0.4, 0.5) is 0 Å². The van der Waals surface area contributed by atoms with E-state index in [1.807, 2.05) is 27.7 Å². The first-order valence-electron chi connectivity index (χ1n) is 8.13. The molecule has 0 aromatic carbocycles. The molecule has 5 nitrogen and oxygen atoms in total. The van der Waals surface area contributed by atoms with Crippen LogP contribution in [-0.2, 0) is 4.79 Å². The number of hydrogen-bond donors (Lipinski definition) is 3. The summed E-state index contributed by atoms with van der Waals surface area (Å²) in [4.78, 5) is 16.2. The molecule has 0 saturated heterocycles. The fraction of sp³-hybridized carbons (Fsp3) is 0.875. The van der Waals surface area contributed by atoms with Crippen LogP contribution in [0, 0.1) is 5.41 Å². The number of hydrogen-bond acceptors (Lipinski definition) is 2. The van der Waals surface area contributed by atoms with Crippen LogP contribution in [0.25, 0.3) is 0 Å². The lowest BCUT2D eigenvalue weighted by Crippen LogP contribution is -2.47. The Hall–Kier alpha value is -1.26. The highest BCUT2D eigenvalue weighted by molar-refractivity contribution is 5.85. The minimum atomic E-state index is -0.212. The molecule has 1 aliphatic rings. The van der Waals surface area contributed by atoms with E-state index in [9.17, 15) is 4.79 Å². The largest absolute Gasteiger partial charge is 0.357 e. The number of guanidine groups is 1. The number of aliphatic imine (C=N–C) groups is 1. The van der Waals surface area contributed by atoms with Gasteiger partial charge in [0.25, 0.3) is 0 Å². The van der Waals surface area contributed by atoms with Crippen molar-refractivity contribution in [3.05, 3.63) is 0 Å². The van der Waals surface area contributed by atoms with Crippen molar-refractivity contribution in [2.24, 2.45) is 10.4 Å². The van der Waals surface area contributed by atoms with Crippen molar-refractivity contribution in [2.75, 3.05) is 19.6 Å². The van der Waals surface area contributed by atoms with Gasteiger partial charge in [-0.05, 0) is 52.4 Å². The van der Waals surface area contributed by atoms with Gasteiger partial charge in [-0.25, -0.2) is 4.99 Å². The second-order valence-corrected chi connectivity index (χ2v) is 7.05. The van der Waals surface area contributed by atoms with Crippen molar-refractivity contribution in [3.63, 3.8) is 0 Å². The molecular formula is C16H32N4O. The second-order valence-electron chi connectivity index (χ2n) is 7.05. The van der Waals surface area contributed by atoms with Gasteiger partial charge >= 0.3 is 0 Å². The monoisotopic (exact) mass is 296 g/mol. The summed E-state index contributed by atoms with van der Waals surface area (Å²) in [6.07, 6.45) is 5.11. The summed E-state index contributed by atoms with van der Waals surface area (Å²) in [7, 11) is 0. The van der Waals surface area contributed by atoms with E-state index in [0.29, 0.717) is 5.41 Å². The molecule has 1 saturated carbocycles. The Bertz CT molecular complexity index is 361. The third-order valence-corrected chi connectivity index (χ3v) is 4.03. The minimum absolute atomic E-state index is 0.0476. The summed E-state index contributed by atoms with van der Waals surface area (Å²) in [6, 6.07) is 0. The third-order valence-electron chi connectivity index (χ3n) is 4.03. The van der Waals surface area contributed by atoms with Gasteiger partial charge in [-0.15, -0.1) is 0 Å². The molecule has 5 heteroatoms. The SMILES string of the molecule is CCNC(=NCC(=O)NC(C)(C)C)NCC1(CC)CCC1. The Balaban J connectivity index is 2.48. The van der Waals surface area contributed by atoms with Crippen LogP contribution in [0.2, 0.25) is 0 Å². The smallest absolute Gasteiger partial charge is 0.242 e. The zero-order valence-electron chi connectivity index (χ0n) is 14.3. The maximum absolute atomic E-state index is 11.8. The van der Waals surface area contributed by atoms with Gasteiger partial charge in [-0.2, -0.15) is 0 Å². The summed E-state index contributed by atoms with van der Waals surface area (Å²) in [5, 5.41) is 9.52. The second kappa shape index (κ2) is 7.66. The van der Waals surface area contributed by atoms with Gasteiger partial charge in [0.15, 0.2) is 5.96 Å². The first kappa shape index (κ1) is 17.8. The van der Waals surface area contributed by atoms with Gasteiger partial charge in [0, 0.05) is 18.6 Å². The van der Waals surface area contributed by atoms with Crippen molar-refractivity contribution in [3.8, 4) is 0 Å². The molecule has 0 heterocycles. The topological polar surface area (TPSA) is 65.5 Å². The van der Waals surface area contributed by atoms with E-state index in [4.69, 9.17) is 0 Å². The molecule has 0 spiro atoms. The van der Waals surface area contributed by atoms with Gasteiger partial charge in [0.1, 0.15) is 6.54 Å². The van der Waals surface area contributed by atoms with Crippen molar-refractivity contribution < 1.29 is 4.79 Å². The van der Waals surface area contributed by atoms with Gasteiger partial charge in [-0.1, -0.05) is 13.3 Å². The fourth-order valence-electron chi connectivity index (χ4n) is 2.55. The molecule has 21 heavy (non-hydrogen) atoms. The average molecular weight is 296 g/mol. The van der Waals surface area contributed by atoms with Gasteiger partial charge in [0.2, 0.25) is 5.91 Å². The molecule has 0 aromatic rings. The summed E-state index contributed by atoms with van der Waals surface area (Å²) < 4.78 is 0. The van der Waals surface area contributed by atoms with Crippen molar-refractivity contribution in [2.45, 2.75) is 65.8 Å². The van der Waals surface area contributed by atoms with Crippen molar-refractivity contribution in [1.82, 2.24) is 16.0 Å². The predicted molar refractivity (Wildman–Crippen MR) is 88.5 cm³/mol. The van der Waals surface area contributed by atoms with Crippen LogP contribution in [0.5, 0.6) is 0 Å². The van der Waals surface area contributed by atoms with E-state index >= 15 is 0 Å². The zero-order valence-corrected chi connectivity index (χ0v) is 14.3. The lowest BCUT2D eigenvalue weighted by Gasteiger charge is -2.41. The highest BCUT2D eigenvalue weighted by atomic mass is 16.2. The lowest BCUT2D eigenvalue weighted by molar-refractivity contribution is -0.121. The summed E-state index contributed by atoms with van der Waals surface area (Å²) in [6.45, 7) is 12.1. The van der Waals surface area contributed by atoms with E-state index in [-0.39, 0.29) is 18.0 Å². The number of carbonyl (C=O) groups excluding carboxylic acids is 1. The van der Waals surface area contributed by atoms with Crippen LogP contribution in [0.1, 0.15) is 60.3 Å². The molecule has 0 bridgehead atoms. The van der Waals surface area contributed by atoms with Gasteiger partial charge in [-0.3, -0.25) is 4.79 Å². The minimum Gasteiger partial charge on any atom is -0.357 e. The lowest BCUT2D eigenvalue weighted by atomic mass is 9.67. The van der Waals surface area contributed by atoms with Crippen LogP contribution in [0.3, 0.4) is 0 Å². The van der Waals surface area contributed by atoms with Crippen LogP contribution in [0.15, 0.2) is 4.99 Å².